The molecule has 9 N–H and O–H groups in total. The third kappa shape index (κ3) is 8.91. The van der Waals surface area contributed by atoms with E-state index in [1.54, 1.807) is 26.8 Å². The van der Waals surface area contributed by atoms with Crippen LogP contribution in [0.3, 0.4) is 0 Å². The van der Waals surface area contributed by atoms with E-state index < -0.39 is 72.7 Å². The minimum atomic E-state index is -1.91. The predicted molar refractivity (Wildman–Crippen MR) is 137 cm³/mol. The van der Waals surface area contributed by atoms with Gasteiger partial charge in [-0.15, -0.1) is 0 Å². The topological polar surface area (TPSA) is 204 Å². The van der Waals surface area contributed by atoms with Crippen LogP contribution in [-0.2, 0) is 19.0 Å². The number of nitrogens with two attached hydrogens (primary N) is 1. The van der Waals surface area contributed by atoms with Gasteiger partial charge in [0.15, 0.2) is 12.1 Å². The second-order valence-corrected chi connectivity index (χ2v) is 11.2. The van der Waals surface area contributed by atoms with Crippen molar-refractivity contribution in [1.82, 2.24) is 5.32 Å². The summed E-state index contributed by atoms with van der Waals surface area (Å²) in [5, 5.41) is 65.0. The maximum absolute atomic E-state index is 13.0. The second-order valence-electron chi connectivity index (χ2n) is 11.2. The van der Waals surface area contributed by atoms with Gasteiger partial charge >= 0.3 is 0 Å². The lowest BCUT2D eigenvalue weighted by Gasteiger charge is -2.46. The zero-order valence-corrected chi connectivity index (χ0v) is 23.0. The van der Waals surface area contributed by atoms with E-state index in [9.17, 15) is 30.3 Å². The summed E-state index contributed by atoms with van der Waals surface area (Å²) in [6, 6.07) is -1.01. The highest BCUT2D eigenvalue weighted by Crippen LogP contribution is 2.38. The molecule has 0 spiro atoms. The van der Waals surface area contributed by atoms with Crippen LogP contribution in [0.25, 0.3) is 0 Å². The normalized spacial score (nSPS) is 38.1. The summed E-state index contributed by atoms with van der Waals surface area (Å²) in [4.78, 5) is 13.0. The molecule has 38 heavy (non-hydrogen) atoms. The molecule has 0 bridgehead atoms. The Morgan fingerprint density at radius 1 is 1.18 bits per heavy atom. The molecule has 0 aromatic heterocycles. The van der Waals surface area contributed by atoms with Crippen molar-refractivity contribution >= 4 is 5.91 Å². The largest absolute Gasteiger partial charge is 0.395 e. The maximum atomic E-state index is 13.0. The number of hydrogen-bond donors (Lipinski definition) is 8. The lowest BCUT2D eigenvalue weighted by Crippen LogP contribution is -2.62. The van der Waals surface area contributed by atoms with E-state index in [-0.39, 0.29) is 44.2 Å². The van der Waals surface area contributed by atoms with Crippen molar-refractivity contribution in [2.45, 2.75) is 115 Å². The van der Waals surface area contributed by atoms with E-state index in [0.717, 1.165) is 0 Å². The minimum Gasteiger partial charge on any atom is -0.395 e. The highest BCUT2D eigenvalue weighted by molar-refractivity contribution is 5.80. The number of carbonyl (C=O) groups excluding carboxylic acids is 1. The Labute approximate surface area is 224 Å². The van der Waals surface area contributed by atoms with Crippen molar-refractivity contribution in [1.29, 1.82) is 0 Å². The molecule has 1 amide bonds. The number of rotatable bonds is 12. The van der Waals surface area contributed by atoms with E-state index in [0.29, 0.717) is 0 Å². The van der Waals surface area contributed by atoms with Crippen LogP contribution in [0.1, 0.15) is 53.9 Å². The molecule has 5 unspecified atom stereocenters. The van der Waals surface area contributed by atoms with Crippen LogP contribution in [0.4, 0.5) is 0 Å². The molecule has 222 valence electrons. The maximum Gasteiger partial charge on any atom is 0.228 e. The highest BCUT2D eigenvalue weighted by atomic mass is 16.7. The summed E-state index contributed by atoms with van der Waals surface area (Å²) in [7, 11) is 0. The number of aliphatic hydroxyl groups excluding tert-OH is 5. The van der Waals surface area contributed by atoms with Crippen molar-refractivity contribution in [3.8, 4) is 0 Å². The van der Waals surface area contributed by atoms with Gasteiger partial charge in [0.05, 0.1) is 55.2 Å². The van der Waals surface area contributed by atoms with Gasteiger partial charge in [-0.3, -0.25) is 4.79 Å². The van der Waals surface area contributed by atoms with E-state index in [2.05, 4.69) is 5.32 Å². The first-order valence-electron chi connectivity index (χ1n) is 13.4. The summed E-state index contributed by atoms with van der Waals surface area (Å²) >= 11 is 0. The first-order chi connectivity index (χ1) is 17.7. The Hall–Kier alpha value is -1.19. The third-order valence-electron chi connectivity index (χ3n) is 7.11. The van der Waals surface area contributed by atoms with Crippen LogP contribution < -0.4 is 11.1 Å². The Bertz CT molecular complexity index is 768. The number of amides is 1. The van der Waals surface area contributed by atoms with Gasteiger partial charge in [0.2, 0.25) is 5.91 Å². The zero-order valence-electron chi connectivity index (χ0n) is 23.0. The molecule has 0 saturated carbocycles. The first-order valence-corrected chi connectivity index (χ1v) is 13.4. The molecule has 11 atom stereocenters. The number of nitrogens with one attached hydrogen (secondary N) is 1. The van der Waals surface area contributed by atoms with Crippen molar-refractivity contribution in [2.24, 2.45) is 23.5 Å². The van der Waals surface area contributed by atoms with Gasteiger partial charge in [-0.1, -0.05) is 39.8 Å². The molecule has 12 heteroatoms. The average molecular weight is 549 g/mol. The molecule has 2 heterocycles. The molecule has 12 nitrogen and oxygen atoms in total. The molecule has 2 aliphatic rings. The number of ether oxygens (including phenoxy) is 3. The fraction of sp³-hybridized carbons (Fsp3) is 0.885. The fourth-order valence-corrected chi connectivity index (χ4v) is 4.74. The predicted octanol–water partition coefficient (Wildman–Crippen LogP) is -1.26. The van der Waals surface area contributed by atoms with Crippen LogP contribution in [0.15, 0.2) is 12.2 Å². The Morgan fingerprint density at radius 3 is 2.42 bits per heavy atom. The number of allylic oxidation sites excluding steroid dienone is 1. The van der Waals surface area contributed by atoms with E-state index in [4.69, 9.17) is 25.1 Å². The van der Waals surface area contributed by atoms with Crippen molar-refractivity contribution < 1.29 is 49.6 Å². The number of hydrogen-bond acceptors (Lipinski definition) is 11. The zero-order chi connectivity index (χ0) is 28.8. The van der Waals surface area contributed by atoms with Crippen molar-refractivity contribution in [3.05, 3.63) is 12.2 Å². The van der Waals surface area contributed by atoms with Gasteiger partial charge < -0.3 is 55.9 Å². The SMILES string of the molecule is CC(C)/C=C/[C@@H](C[C@@H]1O[C@](O)(C[C@@H](O)C(C)C)C[C@H](O)[C@H]1C(=O)NCCO)OC1OC(C)C(O)C(N)C1O. The summed E-state index contributed by atoms with van der Waals surface area (Å²) in [6.07, 6.45) is -5.37. The second kappa shape index (κ2) is 14.4. The molecular weight excluding hydrogens is 500 g/mol. The summed E-state index contributed by atoms with van der Waals surface area (Å²) in [6.45, 7) is 8.75. The van der Waals surface area contributed by atoms with E-state index in [1.165, 1.54) is 0 Å². The van der Waals surface area contributed by atoms with Crippen molar-refractivity contribution in [2.75, 3.05) is 13.2 Å². The van der Waals surface area contributed by atoms with Gasteiger partial charge in [0, 0.05) is 25.8 Å². The Balaban J connectivity index is 2.35. The molecule has 2 aliphatic heterocycles. The van der Waals surface area contributed by atoms with Crippen LogP contribution in [0.2, 0.25) is 0 Å². The average Bonchev–Trinajstić information content (AvgIpc) is 2.82. The summed E-state index contributed by atoms with van der Waals surface area (Å²) in [5.74, 6) is -3.64. The van der Waals surface area contributed by atoms with Crippen LogP contribution in [-0.4, -0.2) is 111 Å². The smallest absolute Gasteiger partial charge is 0.228 e. The molecule has 2 saturated heterocycles. The number of aliphatic hydroxyl groups is 6. The van der Waals surface area contributed by atoms with Gasteiger partial charge in [-0.2, -0.15) is 0 Å². The lowest BCUT2D eigenvalue weighted by atomic mass is 9.81. The molecule has 0 aromatic carbocycles. The monoisotopic (exact) mass is 548 g/mol. The van der Waals surface area contributed by atoms with Gasteiger partial charge in [-0.25, -0.2) is 0 Å². The third-order valence-corrected chi connectivity index (χ3v) is 7.11. The number of carbonyl (C=O) groups is 1. The first kappa shape index (κ1) is 33.0. The van der Waals surface area contributed by atoms with E-state index in [1.807, 2.05) is 19.9 Å². The van der Waals surface area contributed by atoms with Crippen molar-refractivity contribution in [3.63, 3.8) is 0 Å². The highest BCUT2D eigenvalue weighted by Gasteiger charge is 2.50. The molecule has 2 rings (SSSR count). The van der Waals surface area contributed by atoms with Gasteiger partial charge in [0.25, 0.3) is 0 Å². The lowest BCUT2D eigenvalue weighted by molar-refractivity contribution is -0.307. The molecular formula is C26H48N2O10. The standard InChI is InChI=1S/C26H48N2O10/c1-13(2)6-7-16(37-25-23(33)21(27)22(32)15(5)36-25)10-19-20(24(34)28-8-9-29)18(31)12-26(35,38-19)11-17(30)14(3)4/h6-7,13-23,25,29-33,35H,8-12,27H2,1-5H3,(H,28,34)/b7-6+/t15?,16-,17+,18-,19-,20+,21?,22?,23?,25?,26+/m0/s1. The minimum absolute atomic E-state index is 0.0293. The molecule has 0 aliphatic carbocycles. The van der Waals surface area contributed by atoms with Crippen LogP contribution in [0.5, 0.6) is 0 Å². The van der Waals surface area contributed by atoms with Crippen LogP contribution >= 0.6 is 0 Å². The molecule has 2 fully saturated rings. The Kier molecular flexibility index (Phi) is 12.6. The summed E-state index contributed by atoms with van der Waals surface area (Å²) in [5.41, 5.74) is 5.95. The Morgan fingerprint density at radius 2 is 1.84 bits per heavy atom. The van der Waals surface area contributed by atoms with Gasteiger partial charge in [0.1, 0.15) is 6.10 Å². The van der Waals surface area contributed by atoms with Crippen LogP contribution in [0, 0.1) is 17.8 Å². The summed E-state index contributed by atoms with van der Waals surface area (Å²) < 4.78 is 17.7. The fourth-order valence-electron chi connectivity index (χ4n) is 4.74. The molecule has 0 radical (unpaired) electrons. The van der Waals surface area contributed by atoms with Gasteiger partial charge in [-0.05, 0) is 18.8 Å². The quantitative estimate of drug-likeness (QED) is 0.135. The molecule has 0 aromatic rings. The van der Waals surface area contributed by atoms with E-state index >= 15 is 0 Å².